The number of amides is 2. The molecular weight excluding hydrogens is 282 g/mol. The van der Waals surface area contributed by atoms with Crippen molar-refractivity contribution in [3.8, 4) is 0 Å². The van der Waals surface area contributed by atoms with Crippen molar-refractivity contribution in [1.29, 1.82) is 0 Å². The standard InChI is InChI=1S/C12H15N3O4S/c1-8(16)13-5-6-14-12(17)10-7-9(20-2)3-4-11(10)15(18)19/h3-4,7H,5-6H2,1-2H3,(H,13,16)(H,14,17). The number of nitro benzene ring substituents is 1. The zero-order chi connectivity index (χ0) is 15.1. The Kier molecular flexibility index (Phi) is 5.98. The molecule has 0 bridgehead atoms. The van der Waals surface area contributed by atoms with Gasteiger partial charge in [0.1, 0.15) is 5.56 Å². The summed E-state index contributed by atoms with van der Waals surface area (Å²) in [5.41, 5.74) is -0.218. The number of nitro groups is 1. The number of nitrogens with one attached hydrogen (secondary N) is 2. The minimum absolute atomic E-state index is 0.0182. The summed E-state index contributed by atoms with van der Waals surface area (Å²) < 4.78 is 0. The van der Waals surface area contributed by atoms with Crippen LogP contribution in [0, 0.1) is 10.1 Å². The normalized spacial score (nSPS) is 9.90. The predicted molar refractivity (Wildman–Crippen MR) is 75.9 cm³/mol. The van der Waals surface area contributed by atoms with E-state index in [-0.39, 0.29) is 30.2 Å². The van der Waals surface area contributed by atoms with Crippen molar-refractivity contribution in [2.24, 2.45) is 0 Å². The number of nitrogens with zero attached hydrogens (tertiary/aromatic N) is 1. The topological polar surface area (TPSA) is 101 Å². The van der Waals surface area contributed by atoms with Gasteiger partial charge in [0.25, 0.3) is 11.6 Å². The third kappa shape index (κ3) is 4.54. The van der Waals surface area contributed by atoms with Gasteiger partial charge in [-0.05, 0) is 18.4 Å². The number of hydrogen-bond acceptors (Lipinski definition) is 5. The zero-order valence-corrected chi connectivity index (χ0v) is 12.0. The summed E-state index contributed by atoms with van der Waals surface area (Å²) >= 11 is 1.39. The van der Waals surface area contributed by atoms with Crippen LogP contribution >= 0.6 is 11.8 Å². The molecule has 0 atom stereocenters. The van der Waals surface area contributed by atoms with E-state index in [1.54, 1.807) is 6.07 Å². The minimum Gasteiger partial charge on any atom is -0.355 e. The van der Waals surface area contributed by atoms with E-state index >= 15 is 0 Å². The molecule has 0 saturated heterocycles. The van der Waals surface area contributed by atoms with Crippen LogP contribution in [0.15, 0.2) is 23.1 Å². The average molecular weight is 297 g/mol. The van der Waals surface area contributed by atoms with Crippen LogP contribution < -0.4 is 10.6 Å². The Morgan fingerprint density at radius 3 is 2.50 bits per heavy atom. The minimum atomic E-state index is -0.590. The summed E-state index contributed by atoms with van der Waals surface area (Å²) in [6.07, 6.45) is 1.82. The largest absolute Gasteiger partial charge is 0.355 e. The highest BCUT2D eigenvalue weighted by Gasteiger charge is 2.20. The summed E-state index contributed by atoms with van der Waals surface area (Å²) in [5, 5.41) is 16.0. The monoisotopic (exact) mass is 297 g/mol. The number of thioether (sulfide) groups is 1. The van der Waals surface area contributed by atoms with Crippen molar-refractivity contribution >= 4 is 29.3 Å². The van der Waals surface area contributed by atoms with Crippen LogP contribution in [0.5, 0.6) is 0 Å². The average Bonchev–Trinajstić information content (AvgIpc) is 2.42. The Labute approximate surface area is 120 Å². The fraction of sp³-hybridized carbons (Fsp3) is 0.333. The molecule has 0 saturated carbocycles. The Balaban J connectivity index is 2.79. The molecule has 0 spiro atoms. The summed E-state index contributed by atoms with van der Waals surface area (Å²) in [6, 6.07) is 4.39. The molecule has 0 aliphatic heterocycles. The van der Waals surface area contributed by atoms with E-state index < -0.39 is 10.8 Å². The van der Waals surface area contributed by atoms with E-state index in [1.807, 2.05) is 6.26 Å². The number of hydrogen-bond donors (Lipinski definition) is 2. The number of rotatable bonds is 6. The molecule has 20 heavy (non-hydrogen) atoms. The smallest absolute Gasteiger partial charge is 0.282 e. The molecule has 0 aliphatic carbocycles. The molecular formula is C12H15N3O4S. The fourth-order valence-corrected chi connectivity index (χ4v) is 1.93. The van der Waals surface area contributed by atoms with Gasteiger partial charge in [-0.1, -0.05) is 0 Å². The molecule has 7 nitrogen and oxygen atoms in total. The fourth-order valence-electron chi connectivity index (χ4n) is 1.49. The van der Waals surface area contributed by atoms with Crippen LogP contribution in [0.2, 0.25) is 0 Å². The second-order valence-electron chi connectivity index (χ2n) is 3.88. The second-order valence-corrected chi connectivity index (χ2v) is 4.76. The van der Waals surface area contributed by atoms with Crippen LogP contribution in [-0.4, -0.2) is 36.1 Å². The van der Waals surface area contributed by atoms with E-state index in [1.165, 1.54) is 30.8 Å². The highest BCUT2D eigenvalue weighted by atomic mass is 32.2. The molecule has 8 heteroatoms. The lowest BCUT2D eigenvalue weighted by Gasteiger charge is -2.07. The van der Waals surface area contributed by atoms with Crippen LogP contribution in [-0.2, 0) is 4.79 Å². The van der Waals surface area contributed by atoms with Crippen LogP contribution in [0.1, 0.15) is 17.3 Å². The Morgan fingerprint density at radius 2 is 1.95 bits per heavy atom. The molecule has 0 aliphatic rings. The maximum Gasteiger partial charge on any atom is 0.282 e. The van der Waals surface area contributed by atoms with Crippen LogP contribution in [0.25, 0.3) is 0 Å². The third-order valence-corrected chi connectivity index (χ3v) is 3.15. The molecule has 108 valence electrons. The maximum atomic E-state index is 11.9. The molecule has 0 aromatic heterocycles. The second kappa shape index (κ2) is 7.49. The molecule has 1 rings (SSSR count). The molecule has 0 heterocycles. The quantitative estimate of drug-likeness (QED) is 0.355. The molecule has 0 radical (unpaired) electrons. The Morgan fingerprint density at radius 1 is 1.30 bits per heavy atom. The lowest BCUT2D eigenvalue weighted by molar-refractivity contribution is -0.385. The van der Waals surface area contributed by atoms with E-state index in [9.17, 15) is 19.7 Å². The lowest BCUT2D eigenvalue weighted by atomic mass is 10.1. The third-order valence-electron chi connectivity index (χ3n) is 2.43. The van der Waals surface area contributed by atoms with E-state index in [0.717, 1.165) is 4.90 Å². The summed E-state index contributed by atoms with van der Waals surface area (Å²) in [4.78, 5) is 33.7. The molecule has 0 unspecified atom stereocenters. The first-order valence-corrected chi connectivity index (χ1v) is 7.03. The first-order chi connectivity index (χ1) is 9.45. The first-order valence-electron chi connectivity index (χ1n) is 5.80. The Bertz CT molecular complexity index is 533. The van der Waals surface area contributed by atoms with Crippen molar-refractivity contribution in [3.63, 3.8) is 0 Å². The van der Waals surface area contributed by atoms with E-state index in [4.69, 9.17) is 0 Å². The van der Waals surface area contributed by atoms with Gasteiger partial charge < -0.3 is 10.6 Å². The molecule has 2 N–H and O–H groups in total. The molecule has 1 aromatic rings. The van der Waals surface area contributed by atoms with Crippen molar-refractivity contribution in [2.45, 2.75) is 11.8 Å². The highest BCUT2D eigenvalue weighted by molar-refractivity contribution is 7.98. The van der Waals surface area contributed by atoms with Gasteiger partial charge in [-0.2, -0.15) is 0 Å². The Hall–Kier alpha value is -2.09. The van der Waals surface area contributed by atoms with Crippen molar-refractivity contribution in [1.82, 2.24) is 10.6 Å². The number of carbonyl (C=O) groups excluding carboxylic acids is 2. The van der Waals surface area contributed by atoms with Gasteiger partial charge in [-0.3, -0.25) is 19.7 Å². The highest BCUT2D eigenvalue weighted by Crippen LogP contribution is 2.24. The zero-order valence-electron chi connectivity index (χ0n) is 11.1. The maximum absolute atomic E-state index is 11.9. The lowest BCUT2D eigenvalue weighted by Crippen LogP contribution is -2.33. The molecule has 2 amide bonds. The van der Waals surface area contributed by atoms with Crippen molar-refractivity contribution < 1.29 is 14.5 Å². The van der Waals surface area contributed by atoms with Gasteiger partial charge in [0.05, 0.1) is 4.92 Å². The number of carbonyl (C=O) groups is 2. The SMILES string of the molecule is CSc1ccc([N+](=O)[O-])c(C(=O)NCCNC(C)=O)c1. The van der Waals surface area contributed by atoms with E-state index in [2.05, 4.69) is 10.6 Å². The van der Waals surface area contributed by atoms with Gasteiger partial charge in [0, 0.05) is 31.0 Å². The van der Waals surface area contributed by atoms with Crippen LogP contribution in [0.4, 0.5) is 5.69 Å². The summed E-state index contributed by atoms with van der Waals surface area (Å²) in [6.45, 7) is 1.85. The van der Waals surface area contributed by atoms with E-state index in [0.29, 0.717) is 0 Å². The van der Waals surface area contributed by atoms with Crippen LogP contribution in [0.3, 0.4) is 0 Å². The summed E-state index contributed by atoms with van der Waals surface area (Å²) in [7, 11) is 0. The van der Waals surface area contributed by atoms with Gasteiger partial charge >= 0.3 is 0 Å². The van der Waals surface area contributed by atoms with Crippen molar-refractivity contribution in [3.05, 3.63) is 33.9 Å². The van der Waals surface area contributed by atoms with Gasteiger partial charge in [0.15, 0.2) is 0 Å². The van der Waals surface area contributed by atoms with Gasteiger partial charge in [-0.25, -0.2) is 0 Å². The van der Waals surface area contributed by atoms with Gasteiger partial charge in [0.2, 0.25) is 5.91 Å². The van der Waals surface area contributed by atoms with Crippen molar-refractivity contribution in [2.75, 3.05) is 19.3 Å². The molecule has 0 fully saturated rings. The summed E-state index contributed by atoms with van der Waals surface area (Å²) in [5.74, 6) is -0.729. The predicted octanol–water partition coefficient (Wildman–Crippen LogP) is 1.18. The number of benzene rings is 1. The first kappa shape index (κ1) is 16.0. The van der Waals surface area contributed by atoms with Gasteiger partial charge in [-0.15, -0.1) is 11.8 Å². The molecule has 1 aromatic carbocycles.